The lowest BCUT2D eigenvalue weighted by Crippen LogP contribution is -2.37. The number of morpholine rings is 1. The van der Waals surface area contributed by atoms with Gasteiger partial charge in [0.15, 0.2) is 5.60 Å². The van der Waals surface area contributed by atoms with Gasteiger partial charge in [-0.05, 0) is 70.1 Å². The second-order valence-electron chi connectivity index (χ2n) is 13.0. The van der Waals surface area contributed by atoms with Crippen molar-refractivity contribution in [3.05, 3.63) is 130 Å². The maximum absolute atomic E-state index is 13.9. The number of rotatable bonds is 4. The molecule has 0 bridgehead atoms. The quantitative estimate of drug-likeness (QED) is 0.197. The Morgan fingerprint density at radius 2 is 1.47 bits per heavy atom. The van der Waals surface area contributed by atoms with Crippen LogP contribution in [0.3, 0.4) is 0 Å². The Hall–Kier alpha value is -4.75. The SMILES string of the molecule is COc1ccc(C2(c3ccc(N4CCOCC4)cc3)C=Cc3c4c(c5ccccc5c3O2)-c2ccc(C(F)(F)F)cc2C4(C)C)cc1. The molecule has 0 spiro atoms. The van der Waals surface area contributed by atoms with Crippen LogP contribution in [0.1, 0.15) is 47.2 Å². The fourth-order valence-corrected chi connectivity index (χ4v) is 7.67. The maximum Gasteiger partial charge on any atom is 0.416 e. The molecule has 5 aromatic rings. The molecule has 4 nitrogen and oxygen atoms in total. The average molecular weight is 634 g/mol. The van der Waals surface area contributed by atoms with E-state index in [1.54, 1.807) is 13.2 Å². The lowest BCUT2D eigenvalue weighted by molar-refractivity contribution is -0.137. The van der Waals surface area contributed by atoms with E-state index in [1.165, 1.54) is 12.1 Å². The molecule has 1 unspecified atom stereocenters. The lowest BCUT2D eigenvalue weighted by Gasteiger charge is -2.39. The molecule has 0 saturated carbocycles. The topological polar surface area (TPSA) is 30.9 Å². The normalized spacial score (nSPS) is 19.6. The van der Waals surface area contributed by atoms with Gasteiger partial charge >= 0.3 is 6.18 Å². The number of anilines is 1. The zero-order chi connectivity index (χ0) is 32.6. The van der Waals surface area contributed by atoms with E-state index in [9.17, 15) is 13.2 Å². The Morgan fingerprint density at radius 3 is 2.13 bits per heavy atom. The first-order valence-corrected chi connectivity index (χ1v) is 15.9. The summed E-state index contributed by atoms with van der Waals surface area (Å²) in [7, 11) is 1.65. The molecule has 1 aliphatic carbocycles. The lowest BCUT2D eigenvalue weighted by atomic mass is 9.76. The maximum atomic E-state index is 13.9. The predicted octanol–water partition coefficient (Wildman–Crippen LogP) is 9.36. The Bertz CT molecular complexity index is 2040. The van der Waals surface area contributed by atoms with E-state index in [1.807, 2.05) is 62.4 Å². The molecule has 5 aromatic carbocycles. The first-order chi connectivity index (χ1) is 22.6. The van der Waals surface area contributed by atoms with Crippen molar-refractivity contribution in [3.8, 4) is 22.6 Å². The van der Waals surface area contributed by atoms with Crippen molar-refractivity contribution in [2.75, 3.05) is 38.3 Å². The van der Waals surface area contributed by atoms with Crippen LogP contribution in [0.25, 0.3) is 28.0 Å². The van der Waals surface area contributed by atoms with Gasteiger partial charge in [0.2, 0.25) is 0 Å². The van der Waals surface area contributed by atoms with E-state index in [0.29, 0.717) is 24.5 Å². The van der Waals surface area contributed by atoms with Crippen molar-refractivity contribution < 1.29 is 27.4 Å². The van der Waals surface area contributed by atoms with Crippen LogP contribution < -0.4 is 14.4 Å². The van der Waals surface area contributed by atoms with Crippen LogP contribution in [0.2, 0.25) is 0 Å². The molecule has 1 saturated heterocycles. The van der Waals surface area contributed by atoms with Crippen molar-refractivity contribution in [2.45, 2.75) is 31.0 Å². The average Bonchev–Trinajstić information content (AvgIpc) is 3.34. The monoisotopic (exact) mass is 633 g/mol. The second kappa shape index (κ2) is 10.6. The molecule has 2 heterocycles. The highest BCUT2D eigenvalue weighted by molar-refractivity contribution is 6.08. The highest BCUT2D eigenvalue weighted by atomic mass is 19.4. The summed E-state index contributed by atoms with van der Waals surface area (Å²) in [5.41, 5.74) is 5.04. The number of ether oxygens (including phenoxy) is 3. The summed E-state index contributed by atoms with van der Waals surface area (Å²) in [6.45, 7) is 7.11. The zero-order valence-electron chi connectivity index (χ0n) is 26.4. The Labute approximate surface area is 272 Å². The summed E-state index contributed by atoms with van der Waals surface area (Å²) in [6.07, 6.45) is -0.224. The van der Waals surface area contributed by atoms with Gasteiger partial charge in [0.25, 0.3) is 0 Å². The Balaban J connectivity index is 1.34. The number of benzene rings is 5. The smallest absolute Gasteiger partial charge is 0.416 e. The van der Waals surface area contributed by atoms with Crippen molar-refractivity contribution in [1.82, 2.24) is 0 Å². The van der Waals surface area contributed by atoms with Gasteiger partial charge in [0.05, 0.1) is 25.9 Å². The summed E-state index contributed by atoms with van der Waals surface area (Å²) >= 11 is 0. The second-order valence-corrected chi connectivity index (χ2v) is 13.0. The van der Waals surface area contributed by atoms with Crippen molar-refractivity contribution >= 4 is 22.5 Å². The van der Waals surface area contributed by atoms with Gasteiger partial charge in [-0.3, -0.25) is 0 Å². The standard InChI is InChI=1S/C40H34F3NO3/c1-38(2)34-24-27(40(41,42)43)12-17-32(34)35-30-6-4-5-7-31(30)37-33(36(35)38)18-19-39(47-37,26-10-15-29(45-3)16-11-26)25-8-13-28(14-9-25)44-20-22-46-23-21-44/h4-19,24H,20-23H2,1-3H3. The number of hydrogen-bond acceptors (Lipinski definition) is 4. The summed E-state index contributed by atoms with van der Waals surface area (Å²) in [6, 6.07) is 28.6. The van der Waals surface area contributed by atoms with Gasteiger partial charge < -0.3 is 19.1 Å². The molecular weight excluding hydrogens is 599 g/mol. The van der Waals surface area contributed by atoms with E-state index in [4.69, 9.17) is 14.2 Å². The predicted molar refractivity (Wildman–Crippen MR) is 179 cm³/mol. The van der Waals surface area contributed by atoms with Crippen LogP contribution in [0.4, 0.5) is 18.9 Å². The van der Waals surface area contributed by atoms with Crippen LogP contribution in [0, 0.1) is 0 Å². The van der Waals surface area contributed by atoms with E-state index in [0.717, 1.165) is 68.7 Å². The van der Waals surface area contributed by atoms with Gasteiger partial charge in [-0.15, -0.1) is 0 Å². The van der Waals surface area contributed by atoms with Gasteiger partial charge in [-0.25, -0.2) is 0 Å². The minimum absolute atomic E-state index is 0.638. The third-order valence-electron chi connectivity index (χ3n) is 10.1. The fourth-order valence-electron chi connectivity index (χ4n) is 7.67. The highest BCUT2D eigenvalue weighted by Gasteiger charge is 2.45. The van der Waals surface area contributed by atoms with E-state index in [2.05, 4.69) is 41.3 Å². The van der Waals surface area contributed by atoms with E-state index >= 15 is 0 Å². The number of methoxy groups -OCH3 is 1. The number of halogens is 3. The number of alkyl halides is 3. The van der Waals surface area contributed by atoms with Crippen LogP contribution in [-0.2, 0) is 21.9 Å². The molecule has 3 aliphatic rings. The van der Waals surface area contributed by atoms with Gasteiger partial charge in [-0.1, -0.05) is 74.5 Å². The van der Waals surface area contributed by atoms with Gasteiger partial charge in [0.1, 0.15) is 11.5 Å². The molecule has 8 rings (SSSR count). The van der Waals surface area contributed by atoms with Crippen molar-refractivity contribution in [2.24, 2.45) is 0 Å². The highest BCUT2D eigenvalue weighted by Crippen LogP contribution is 2.58. The van der Waals surface area contributed by atoms with Crippen LogP contribution in [-0.4, -0.2) is 33.4 Å². The minimum atomic E-state index is -4.43. The molecule has 0 aromatic heterocycles. The third-order valence-corrected chi connectivity index (χ3v) is 10.1. The van der Waals surface area contributed by atoms with Gasteiger partial charge in [0, 0.05) is 46.3 Å². The van der Waals surface area contributed by atoms with Crippen LogP contribution in [0.5, 0.6) is 11.5 Å². The van der Waals surface area contributed by atoms with Crippen LogP contribution in [0.15, 0.2) is 97.1 Å². The number of fused-ring (bicyclic) bond motifs is 8. The largest absolute Gasteiger partial charge is 0.497 e. The van der Waals surface area contributed by atoms with Crippen molar-refractivity contribution in [3.63, 3.8) is 0 Å². The molecule has 238 valence electrons. The van der Waals surface area contributed by atoms with E-state index < -0.39 is 22.8 Å². The molecule has 1 atom stereocenters. The molecule has 0 N–H and O–H groups in total. The molecule has 0 radical (unpaired) electrons. The first-order valence-electron chi connectivity index (χ1n) is 15.9. The Morgan fingerprint density at radius 1 is 0.809 bits per heavy atom. The Kier molecular flexibility index (Phi) is 6.71. The summed E-state index contributed by atoms with van der Waals surface area (Å²) in [5, 5.41) is 1.87. The minimum Gasteiger partial charge on any atom is -0.497 e. The molecular formula is C40H34F3NO3. The van der Waals surface area contributed by atoms with Crippen LogP contribution >= 0.6 is 0 Å². The van der Waals surface area contributed by atoms with E-state index in [-0.39, 0.29) is 0 Å². The third kappa shape index (κ3) is 4.54. The summed E-state index contributed by atoms with van der Waals surface area (Å²) in [4.78, 5) is 2.32. The summed E-state index contributed by atoms with van der Waals surface area (Å²) < 4.78 is 60.1. The summed E-state index contributed by atoms with van der Waals surface area (Å²) in [5.74, 6) is 1.46. The van der Waals surface area contributed by atoms with Crippen molar-refractivity contribution in [1.29, 1.82) is 0 Å². The molecule has 0 amide bonds. The molecule has 47 heavy (non-hydrogen) atoms. The first kappa shape index (κ1) is 29.6. The zero-order valence-corrected chi connectivity index (χ0v) is 26.4. The molecule has 2 aliphatic heterocycles. The fraction of sp³-hybridized carbons (Fsp3) is 0.250. The number of nitrogens with zero attached hydrogens (tertiary/aromatic N) is 1. The molecule has 7 heteroatoms. The molecule has 1 fully saturated rings. The van der Waals surface area contributed by atoms with Gasteiger partial charge in [-0.2, -0.15) is 13.2 Å². The number of hydrogen-bond donors (Lipinski definition) is 0.